The Morgan fingerprint density at radius 1 is 1.39 bits per heavy atom. The molecule has 1 atom stereocenters. The van der Waals surface area contributed by atoms with Crippen molar-refractivity contribution in [3.05, 3.63) is 35.9 Å². The van der Waals surface area contributed by atoms with Crippen molar-refractivity contribution in [1.29, 1.82) is 0 Å². The molecule has 0 saturated carbocycles. The Bertz CT molecular complexity index is 369. The van der Waals surface area contributed by atoms with Crippen molar-refractivity contribution in [2.24, 2.45) is 0 Å². The number of benzene rings is 1. The first-order chi connectivity index (χ1) is 8.25. The molecule has 3 nitrogen and oxygen atoms in total. The number of halogens is 1. The smallest absolute Gasteiger partial charge is 0.222 e. The Morgan fingerprint density at radius 2 is 2.11 bits per heavy atom. The first-order valence-electron chi connectivity index (χ1n) is 6.31. The van der Waals surface area contributed by atoms with E-state index in [1.54, 1.807) is 0 Å². The minimum absolute atomic E-state index is 0. The second-order valence-electron chi connectivity index (χ2n) is 4.68. The molecule has 0 spiro atoms. The van der Waals surface area contributed by atoms with E-state index in [0.29, 0.717) is 12.5 Å². The molecule has 1 fully saturated rings. The summed E-state index contributed by atoms with van der Waals surface area (Å²) >= 11 is 0. The third-order valence-electron chi connectivity index (χ3n) is 3.19. The standard InChI is InChI=1S/C14H20N2O.ClH/c1-12-11-16(10-9-15-12)14(17)8-7-13-5-3-2-4-6-13;/h2-6,12,15H,7-11H2,1H3;1H/t12-;/m0./s1. The Kier molecular flexibility index (Phi) is 6.16. The fourth-order valence-electron chi connectivity index (χ4n) is 2.21. The van der Waals surface area contributed by atoms with Gasteiger partial charge >= 0.3 is 0 Å². The molecule has 0 aliphatic carbocycles. The molecule has 0 aromatic heterocycles. The third kappa shape index (κ3) is 4.31. The summed E-state index contributed by atoms with van der Waals surface area (Å²) in [6.45, 7) is 4.72. The molecule has 1 saturated heterocycles. The number of aryl methyl sites for hydroxylation is 1. The van der Waals surface area contributed by atoms with Gasteiger partial charge in [-0.2, -0.15) is 0 Å². The van der Waals surface area contributed by atoms with Crippen molar-refractivity contribution < 1.29 is 4.79 Å². The van der Waals surface area contributed by atoms with Gasteiger partial charge in [-0.25, -0.2) is 0 Å². The van der Waals surface area contributed by atoms with E-state index < -0.39 is 0 Å². The maximum absolute atomic E-state index is 12.0. The molecule has 4 heteroatoms. The fourth-order valence-corrected chi connectivity index (χ4v) is 2.21. The Labute approximate surface area is 115 Å². The highest BCUT2D eigenvalue weighted by Gasteiger charge is 2.19. The predicted octanol–water partition coefficient (Wildman–Crippen LogP) is 1.86. The highest BCUT2D eigenvalue weighted by molar-refractivity contribution is 5.85. The second-order valence-corrected chi connectivity index (χ2v) is 4.68. The molecule has 1 aromatic rings. The van der Waals surface area contributed by atoms with E-state index in [-0.39, 0.29) is 18.3 Å². The van der Waals surface area contributed by atoms with Crippen LogP contribution in [0, 0.1) is 0 Å². The summed E-state index contributed by atoms with van der Waals surface area (Å²) < 4.78 is 0. The number of hydrogen-bond acceptors (Lipinski definition) is 2. The number of carbonyl (C=O) groups is 1. The van der Waals surface area contributed by atoms with E-state index >= 15 is 0 Å². The lowest BCUT2D eigenvalue weighted by molar-refractivity contribution is -0.132. The number of nitrogens with one attached hydrogen (secondary N) is 1. The fraction of sp³-hybridized carbons (Fsp3) is 0.500. The molecular weight excluding hydrogens is 248 g/mol. The third-order valence-corrected chi connectivity index (χ3v) is 3.19. The van der Waals surface area contributed by atoms with Crippen LogP contribution in [0.1, 0.15) is 18.9 Å². The van der Waals surface area contributed by atoms with Crippen molar-refractivity contribution in [1.82, 2.24) is 10.2 Å². The van der Waals surface area contributed by atoms with E-state index in [2.05, 4.69) is 24.4 Å². The van der Waals surface area contributed by atoms with Crippen LogP contribution in [0.5, 0.6) is 0 Å². The summed E-state index contributed by atoms with van der Waals surface area (Å²) in [6.07, 6.45) is 1.47. The van der Waals surface area contributed by atoms with Gasteiger partial charge in [-0.1, -0.05) is 30.3 Å². The molecule has 1 aliphatic heterocycles. The van der Waals surface area contributed by atoms with Crippen LogP contribution in [-0.2, 0) is 11.2 Å². The van der Waals surface area contributed by atoms with Gasteiger partial charge in [0.15, 0.2) is 0 Å². The molecule has 0 bridgehead atoms. The van der Waals surface area contributed by atoms with Gasteiger partial charge in [-0.3, -0.25) is 4.79 Å². The van der Waals surface area contributed by atoms with Crippen molar-refractivity contribution in [3.63, 3.8) is 0 Å². The first-order valence-corrected chi connectivity index (χ1v) is 6.31. The highest BCUT2D eigenvalue weighted by Crippen LogP contribution is 2.06. The van der Waals surface area contributed by atoms with E-state index in [0.717, 1.165) is 26.1 Å². The van der Waals surface area contributed by atoms with Crippen LogP contribution in [0.4, 0.5) is 0 Å². The van der Waals surface area contributed by atoms with E-state index in [4.69, 9.17) is 0 Å². The van der Waals surface area contributed by atoms with Crippen LogP contribution in [0.25, 0.3) is 0 Å². The molecule has 1 aromatic carbocycles. The quantitative estimate of drug-likeness (QED) is 0.908. The zero-order chi connectivity index (χ0) is 12.1. The summed E-state index contributed by atoms with van der Waals surface area (Å²) in [5, 5.41) is 3.35. The first kappa shape index (κ1) is 15.0. The number of piperazine rings is 1. The summed E-state index contributed by atoms with van der Waals surface area (Å²) in [4.78, 5) is 14.0. The van der Waals surface area contributed by atoms with Crippen LogP contribution in [-0.4, -0.2) is 36.5 Å². The van der Waals surface area contributed by atoms with Gasteiger partial charge in [0.05, 0.1) is 0 Å². The number of carbonyl (C=O) groups excluding carboxylic acids is 1. The zero-order valence-corrected chi connectivity index (χ0v) is 11.6. The van der Waals surface area contributed by atoms with Gasteiger partial charge in [0.2, 0.25) is 5.91 Å². The normalized spacial score (nSPS) is 19.2. The predicted molar refractivity (Wildman–Crippen MR) is 76.1 cm³/mol. The molecule has 1 aliphatic rings. The zero-order valence-electron chi connectivity index (χ0n) is 10.8. The molecule has 100 valence electrons. The van der Waals surface area contributed by atoms with Gasteiger partial charge in [-0.15, -0.1) is 12.4 Å². The van der Waals surface area contributed by atoms with E-state index in [1.807, 2.05) is 23.1 Å². The van der Waals surface area contributed by atoms with Crippen molar-refractivity contribution in [3.8, 4) is 0 Å². The molecule has 1 amide bonds. The average molecular weight is 269 g/mol. The molecule has 0 unspecified atom stereocenters. The highest BCUT2D eigenvalue weighted by atomic mass is 35.5. The topological polar surface area (TPSA) is 32.3 Å². The minimum Gasteiger partial charge on any atom is -0.340 e. The molecular formula is C14H21ClN2O. The van der Waals surface area contributed by atoms with Gasteiger partial charge in [0.25, 0.3) is 0 Å². The maximum atomic E-state index is 12.0. The molecule has 1 N–H and O–H groups in total. The monoisotopic (exact) mass is 268 g/mol. The summed E-state index contributed by atoms with van der Waals surface area (Å²) in [5.74, 6) is 0.280. The SMILES string of the molecule is C[C@H]1CN(C(=O)CCc2ccccc2)CCN1.Cl. The van der Waals surface area contributed by atoms with Crippen molar-refractivity contribution in [2.45, 2.75) is 25.8 Å². The summed E-state index contributed by atoms with van der Waals surface area (Å²) in [5.41, 5.74) is 1.24. The maximum Gasteiger partial charge on any atom is 0.222 e. The summed E-state index contributed by atoms with van der Waals surface area (Å²) in [7, 11) is 0. The summed E-state index contributed by atoms with van der Waals surface area (Å²) in [6, 6.07) is 10.6. The lowest BCUT2D eigenvalue weighted by Gasteiger charge is -2.32. The number of rotatable bonds is 3. The molecule has 2 rings (SSSR count). The lowest BCUT2D eigenvalue weighted by atomic mass is 10.1. The van der Waals surface area contributed by atoms with Gasteiger partial charge in [0, 0.05) is 32.1 Å². The molecule has 0 radical (unpaired) electrons. The Balaban J connectivity index is 0.00000162. The number of amides is 1. The average Bonchev–Trinajstić information content (AvgIpc) is 2.37. The molecule has 1 heterocycles. The van der Waals surface area contributed by atoms with E-state index in [1.165, 1.54) is 5.56 Å². The minimum atomic E-state index is 0. The van der Waals surface area contributed by atoms with E-state index in [9.17, 15) is 4.79 Å². The Hall–Kier alpha value is -1.06. The van der Waals surface area contributed by atoms with Gasteiger partial charge in [0.1, 0.15) is 0 Å². The van der Waals surface area contributed by atoms with Gasteiger partial charge < -0.3 is 10.2 Å². The van der Waals surface area contributed by atoms with Crippen molar-refractivity contribution in [2.75, 3.05) is 19.6 Å². The van der Waals surface area contributed by atoms with Crippen LogP contribution >= 0.6 is 12.4 Å². The van der Waals surface area contributed by atoms with Gasteiger partial charge in [-0.05, 0) is 18.9 Å². The molecule has 18 heavy (non-hydrogen) atoms. The lowest BCUT2D eigenvalue weighted by Crippen LogP contribution is -2.51. The van der Waals surface area contributed by atoms with Crippen LogP contribution in [0.3, 0.4) is 0 Å². The van der Waals surface area contributed by atoms with Crippen LogP contribution in [0.2, 0.25) is 0 Å². The largest absolute Gasteiger partial charge is 0.340 e. The van der Waals surface area contributed by atoms with Crippen LogP contribution in [0.15, 0.2) is 30.3 Å². The Morgan fingerprint density at radius 3 is 2.78 bits per heavy atom. The number of nitrogens with zero attached hydrogens (tertiary/aromatic N) is 1. The van der Waals surface area contributed by atoms with Crippen molar-refractivity contribution >= 4 is 18.3 Å². The van der Waals surface area contributed by atoms with Crippen LogP contribution < -0.4 is 5.32 Å². The second kappa shape index (κ2) is 7.39. The number of hydrogen-bond donors (Lipinski definition) is 1.